The van der Waals surface area contributed by atoms with Crippen LogP contribution in [0.1, 0.15) is 81.3 Å². The Bertz CT molecular complexity index is 2470. The number of phenols is 2. The molecule has 0 heterocycles. The van der Waals surface area contributed by atoms with Gasteiger partial charge in [0.1, 0.15) is 23.0 Å². The summed E-state index contributed by atoms with van der Waals surface area (Å²) >= 11 is 0. The van der Waals surface area contributed by atoms with E-state index in [2.05, 4.69) is 123 Å². The summed E-state index contributed by atoms with van der Waals surface area (Å²) in [6.45, 7) is 9.80. The Morgan fingerprint density at radius 3 is 1.23 bits per heavy atom. The molecular formula is C56H58O4. The van der Waals surface area contributed by atoms with E-state index in [4.69, 9.17) is 9.47 Å². The monoisotopic (exact) mass is 794 g/mol. The van der Waals surface area contributed by atoms with E-state index in [9.17, 15) is 10.2 Å². The number of hydrogen-bond acceptors (Lipinski definition) is 4. The number of fused-ring (bicyclic) bond motifs is 5. The SMILES string of the molecule is C.CC.CCc1ccccc1OCCCCOc1ccccc1CC.Oc1ccc2cc(C3(c4ccc5cc(O)ccc5c4)c4ccccc4-c4ccccc43)ccc2c1. The van der Waals surface area contributed by atoms with Gasteiger partial charge in [-0.1, -0.05) is 156 Å². The van der Waals surface area contributed by atoms with Gasteiger partial charge < -0.3 is 19.7 Å². The first kappa shape index (κ1) is 43.1. The molecule has 8 aromatic carbocycles. The summed E-state index contributed by atoms with van der Waals surface area (Å²) in [7, 11) is 0. The van der Waals surface area contributed by atoms with Crippen LogP contribution in [0.3, 0.4) is 0 Å². The van der Waals surface area contributed by atoms with E-state index >= 15 is 0 Å². The summed E-state index contributed by atoms with van der Waals surface area (Å²) in [6.07, 6.45) is 4.03. The average molecular weight is 795 g/mol. The van der Waals surface area contributed by atoms with Gasteiger partial charge in [-0.2, -0.15) is 0 Å². The molecule has 0 atom stereocenters. The van der Waals surface area contributed by atoms with Crippen molar-refractivity contribution < 1.29 is 19.7 Å². The highest BCUT2D eigenvalue weighted by atomic mass is 16.5. The van der Waals surface area contributed by atoms with Crippen molar-refractivity contribution in [1.29, 1.82) is 0 Å². The van der Waals surface area contributed by atoms with Crippen molar-refractivity contribution in [3.63, 3.8) is 0 Å². The Kier molecular flexibility index (Phi) is 14.3. The molecule has 0 saturated carbocycles. The van der Waals surface area contributed by atoms with Crippen LogP contribution in [-0.2, 0) is 18.3 Å². The Hall–Kier alpha value is -6.52. The molecular weight excluding hydrogens is 737 g/mol. The van der Waals surface area contributed by atoms with Crippen molar-refractivity contribution in [2.75, 3.05) is 13.2 Å². The molecule has 0 spiro atoms. The number of rotatable bonds is 11. The van der Waals surface area contributed by atoms with Gasteiger partial charge in [0.25, 0.3) is 0 Å². The summed E-state index contributed by atoms with van der Waals surface area (Å²) in [5.74, 6) is 2.58. The van der Waals surface area contributed by atoms with Crippen molar-refractivity contribution in [2.24, 2.45) is 0 Å². The molecule has 2 N–H and O–H groups in total. The third-order valence-corrected chi connectivity index (χ3v) is 11.2. The molecule has 0 radical (unpaired) electrons. The predicted molar refractivity (Wildman–Crippen MR) is 252 cm³/mol. The van der Waals surface area contributed by atoms with E-state index in [1.165, 1.54) is 44.5 Å². The molecule has 1 aliphatic rings. The molecule has 0 amide bonds. The normalized spacial score (nSPS) is 11.9. The van der Waals surface area contributed by atoms with E-state index in [-0.39, 0.29) is 18.9 Å². The minimum absolute atomic E-state index is 0. The second-order valence-electron chi connectivity index (χ2n) is 14.7. The number of hydrogen-bond donors (Lipinski definition) is 2. The zero-order valence-electron chi connectivity index (χ0n) is 34.6. The lowest BCUT2D eigenvalue weighted by Gasteiger charge is -2.34. The van der Waals surface area contributed by atoms with E-state index in [1.807, 2.05) is 62.4 Å². The first-order valence-electron chi connectivity index (χ1n) is 21.1. The summed E-state index contributed by atoms with van der Waals surface area (Å²) in [5.41, 5.74) is 9.45. The van der Waals surface area contributed by atoms with Gasteiger partial charge in [0, 0.05) is 0 Å². The molecule has 1 aliphatic carbocycles. The first-order chi connectivity index (χ1) is 29.0. The number of benzene rings is 8. The van der Waals surface area contributed by atoms with Gasteiger partial charge in [-0.15, -0.1) is 0 Å². The molecule has 0 aliphatic heterocycles. The Balaban J connectivity index is 0.000000210. The van der Waals surface area contributed by atoms with Crippen LogP contribution in [-0.4, -0.2) is 23.4 Å². The van der Waals surface area contributed by atoms with Gasteiger partial charge in [-0.05, 0) is 140 Å². The maximum absolute atomic E-state index is 10.0. The molecule has 0 aromatic heterocycles. The lowest BCUT2D eigenvalue weighted by molar-refractivity contribution is 0.264. The fourth-order valence-electron chi connectivity index (χ4n) is 8.40. The van der Waals surface area contributed by atoms with Gasteiger partial charge in [-0.25, -0.2) is 0 Å². The average Bonchev–Trinajstić information content (AvgIpc) is 3.59. The molecule has 4 nitrogen and oxygen atoms in total. The van der Waals surface area contributed by atoms with Crippen LogP contribution in [0.25, 0.3) is 32.7 Å². The molecule has 0 fully saturated rings. The zero-order chi connectivity index (χ0) is 41.2. The Labute approximate surface area is 356 Å². The second kappa shape index (κ2) is 20.0. The van der Waals surface area contributed by atoms with E-state index in [1.54, 1.807) is 12.1 Å². The second-order valence-corrected chi connectivity index (χ2v) is 14.7. The minimum Gasteiger partial charge on any atom is -0.508 e. The van der Waals surface area contributed by atoms with Gasteiger partial charge in [0.05, 0.1) is 18.6 Å². The molecule has 8 aromatic rings. The largest absolute Gasteiger partial charge is 0.508 e. The van der Waals surface area contributed by atoms with Crippen LogP contribution in [0.5, 0.6) is 23.0 Å². The predicted octanol–water partition coefficient (Wildman–Crippen LogP) is 14.5. The first-order valence-corrected chi connectivity index (χ1v) is 21.1. The number of phenolic OH excluding ortho intramolecular Hbond substituents is 2. The number of ether oxygens (including phenoxy) is 2. The number of aromatic hydroxyl groups is 2. The highest BCUT2D eigenvalue weighted by Gasteiger charge is 2.46. The van der Waals surface area contributed by atoms with E-state index < -0.39 is 5.41 Å². The Morgan fingerprint density at radius 1 is 0.433 bits per heavy atom. The van der Waals surface area contributed by atoms with Crippen LogP contribution in [0, 0.1) is 0 Å². The summed E-state index contributed by atoms with van der Waals surface area (Å²) in [4.78, 5) is 0. The van der Waals surface area contributed by atoms with Gasteiger partial charge >= 0.3 is 0 Å². The van der Waals surface area contributed by atoms with Crippen LogP contribution in [0.2, 0.25) is 0 Å². The van der Waals surface area contributed by atoms with Crippen LogP contribution < -0.4 is 9.47 Å². The number of aryl methyl sites for hydroxylation is 2. The van der Waals surface area contributed by atoms with Crippen molar-refractivity contribution in [3.8, 4) is 34.1 Å². The maximum atomic E-state index is 10.0. The molecule has 0 bridgehead atoms. The molecule has 0 saturated heterocycles. The zero-order valence-corrected chi connectivity index (χ0v) is 34.6. The van der Waals surface area contributed by atoms with Crippen molar-refractivity contribution >= 4 is 21.5 Å². The molecule has 0 unspecified atom stereocenters. The molecule has 60 heavy (non-hydrogen) atoms. The molecule has 4 heteroatoms. The molecule has 306 valence electrons. The number of para-hydroxylation sites is 2. The van der Waals surface area contributed by atoms with E-state index in [0.29, 0.717) is 0 Å². The van der Waals surface area contributed by atoms with Gasteiger partial charge in [0.2, 0.25) is 0 Å². The minimum atomic E-state index is -0.495. The topological polar surface area (TPSA) is 58.9 Å². The van der Waals surface area contributed by atoms with Crippen LogP contribution in [0.4, 0.5) is 0 Å². The third kappa shape index (κ3) is 8.74. The fraction of sp³-hybridized carbons (Fsp3) is 0.214. The van der Waals surface area contributed by atoms with Gasteiger partial charge in [-0.3, -0.25) is 0 Å². The highest BCUT2D eigenvalue weighted by molar-refractivity contribution is 5.92. The van der Waals surface area contributed by atoms with Crippen molar-refractivity contribution in [3.05, 3.63) is 203 Å². The standard InChI is InChI=1S/C33H22O2.C20H26O2.C2H6.CH4/c34-27-15-11-21-17-25(13-9-23(21)19-27)33(26-14-10-24-20-28(35)16-12-22(24)18-26)31-7-3-1-5-29(31)30-6-2-4-8-32(30)33;1-3-17-11-5-7-13-19(17)21-15-9-10-16-22-20-14-8-6-12-18(20)4-2;1-2;/h1-20,34-35H;5-8,11-14H,3-4,9-10,15-16H2,1-2H3;1-2H3;1H4. The van der Waals surface area contributed by atoms with Crippen molar-refractivity contribution in [2.45, 2.75) is 66.2 Å². The quantitative estimate of drug-likeness (QED) is 0.128. The lowest BCUT2D eigenvalue weighted by Crippen LogP contribution is -2.28. The summed E-state index contributed by atoms with van der Waals surface area (Å²) in [6, 6.07) is 58.1. The van der Waals surface area contributed by atoms with E-state index in [0.717, 1.165) is 71.9 Å². The lowest BCUT2D eigenvalue weighted by atomic mass is 9.67. The Morgan fingerprint density at radius 2 is 0.800 bits per heavy atom. The van der Waals surface area contributed by atoms with Gasteiger partial charge in [0.15, 0.2) is 0 Å². The van der Waals surface area contributed by atoms with Crippen LogP contribution in [0.15, 0.2) is 170 Å². The maximum Gasteiger partial charge on any atom is 0.122 e. The van der Waals surface area contributed by atoms with Crippen molar-refractivity contribution in [1.82, 2.24) is 0 Å². The molecule has 9 rings (SSSR count). The highest BCUT2D eigenvalue weighted by Crippen LogP contribution is 2.56. The smallest absolute Gasteiger partial charge is 0.122 e. The fourth-order valence-corrected chi connectivity index (χ4v) is 8.40. The third-order valence-electron chi connectivity index (χ3n) is 11.2. The number of unbranched alkanes of at least 4 members (excludes halogenated alkanes) is 1. The van der Waals surface area contributed by atoms with Crippen LogP contribution >= 0.6 is 0 Å². The summed E-state index contributed by atoms with van der Waals surface area (Å²) < 4.78 is 11.7. The summed E-state index contributed by atoms with van der Waals surface area (Å²) in [5, 5.41) is 24.2.